The summed E-state index contributed by atoms with van der Waals surface area (Å²) in [6, 6.07) is 8.41. The van der Waals surface area contributed by atoms with Gasteiger partial charge in [0.2, 0.25) is 17.7 Å². The molecule has 2 heterocycles. The predicted octanol–water partition coefficient (Wildman–Crippen LogP) is 2.57. The maximum Gasteiger partial charge on any atom is 0.265 e. The summed E-state index contributed by atoms with van der Waals surface area (Å²) in [5.74, 6) is -0.704. The van der Waals surface area contributed by atoms with Crippen molar-refractivity contribution in [3.05, 3.63) is 52.5 Å². The van der Waals surface area contributed by atoms with Crippen molar-refractivity contribution >= 4 is 50.7 Å². The molecule has 0 saturated carbocycles. The molecule has 1 unspecified atom stereocenters. The van der Waals surface area contributed by atoms with Crippen LogP contribution in [-0.2, 0) is 24.4 Å². The Bertz CT molecular complexity index is 1370. The molecule has 2 aromatic carbocycles. The molecule has 10 nitrogen and oxygen atoms in total. The molecule has 12 heteroatoms. The van der Waals surface area contributed by atoms with Crippen LogP contribution in [0.1, 0.15) is 36.8 Å². The minimum Gasteiger partial charge on any atom is -0.356 e. The molecule has 0 bridgehead atoms. The average molecular weight is 576 g/mol. The summed E-state index contributed by atoms with van der Waals surface area (Å²) in [5.41, 5.74) is 7.11. The minimum atomic E-state index is -4.23. The summed E-state index contributed by atoms with van der Waals surface area (Å²) in [6.07, 6.45) is 2.04. The number of sulfonamides is 1. The van der Waals surface area contributed by atoms with E-state index in [9.17, 15) is 22.8 Å². The van der Waals surface area contributed by atoms with Crippen LogP contribution in [0.2, 0.25) is 5.02 Å². The second-order valence-electron chi connectivity index (χ2n) is 10.1. The molecular formula is C27H34ClN5O5S. The van der Waals surface area contributed by atoms with Gasteiger partial charge in [-0.1, -0.05) is 23.7 Å². The van der Waals surface area contributed by atoms with Crippen LogP contribution in [0, 0.1) is 19.8 Å². The van der Waals surface area contributed by atoms with Gasteiger partial charge in [0, 0.05) is 24.7 Å². The number of nitrogens with two attached hydrogens (primary N) is 1. The fourth-order valence-corrected chi connectivity index (χ4v) is 7.28. The van der Waals surface area contributed by atoms with E-state index in [1.165, 1.54) is 6.07 Å². The minimum absolute atomic E-state index is 0.00384. The lowest BCUT2D eigenvalue weighted by Crippen LogP contribution is -2.53. The van der Waals surface area contributed by atoms with Gasteiger partial charge in [0.15, 0.2) is 0 Å². The van der Waals surface area contributed by atoms with Gasteiger partial charge in [-0.05, 0) is 74.4 Å². The van der Waals surface area contributed by atoms with E-state index in [0.717, 1.165) is 23.6 Å². The van der Waals surface area contributed by atoms with Gasteiger partial charge in [-0.2, -0.15) is 0 Å². The SMILES string of the molecule is Cc1cc(S(=O)(=O)N2c3ccccc3NC(=O)C2CC(=O)NCCC2CCN(C(=O)CN)CC2)c(C)cc1Cl. The second-order valence-corrected chi connectivity index (χ2v) is 12.3. The van der Waals surface area contributed by atoms with E-state index in [1.807, 2.05) is 0 Å². The molecule has 2 aliphatic heterocycles. The molecule has 210 valence electrons. The van der Waals surface area contributed by atoms with E-state index in [1.54, 1.807) is 49.1 Å². The number of likely N-dealkylation sites (tertiary alicyclic amines) is 1. The van der Waals surface area contributed by atoms with Crippen molar-refractivity contribution in [1.82, 2.24) is 10.2 Å². The Labute approximate surface area is 233 Å². The lowest BCUT2D eigenvalue weighted by atomic mass is 9.93. The van der Waals surface area contributed by atoms with Crippen LogP contribution in [0.5, 0.6) is 0 Å². The third kappa shape index (κ3) is 6.21. The van der Waals surface area contributed by atoms with Crippen molar-refractivity contribution in [1.29, 1.82) is 0 Å². The highest BCUT2D eigenvalue weighted by molar-refractivity contribution is 7.93. The highest BCUT2D eigenvalue weighted by Gasteiger charge is 2.42. The Morgan fingerprint density at radius 3 is 2.51 bits per heavy atom. The molecule has 1 saturated heterocycles. The van der Waals surface area contributed by atoms with Crippen LogP contribution in [0.25, 0.3) is 0 Å². The molecule has 4 N–H and O–H groups in total. The first-order valence-corrected chi connectivity index (χ1v) is 14.8. The number of halogens is 1. The largest absolute Gasteiger partial charge is 0.356 e. The molecular weight excluding hydrogens is 542 g/mol. The topological polar surface area (TPSA) is 142 Å². The zero-order valence-corrected chi connectivity index (χ0v) is 23.6. The molecule has 0 aromatic heterocycles. The van der Waals surface area contributed by atoms with Crippen molar-refractivity contribution in [2.75, 3.05) is 35.8 Å². The van der Waals surface area contributed by atoms with Crippen LogP contribution in [0.3, 0.4) is 0 Å². The molecule has 3 amide bonds. The normalized spacial score (nSPS) is 17.9. The molecule has 0 aliphatic carbocycles. The Hall–Kier alpha value is -3.15. The number of nitrogens with zero attached hydrogens (tertiary/aromatic N) is 2. The first-order valence-electron chi connectivity index (χ1n) is 13.0. The van der Waals surface area contributed by atoms with E-state index in [0.29, 0.717) is 53.1 Å². The number of carbonyl (C=O) groups is 3. The number of hydrogen-bond donors (Lipinski definition) is 3. The van der Waals surface area contributed by atoms with E-state index >= 15 is 0 Å². The molecule has 39 heavy (non-hydrogen) atoms. The first kappa shape index (κ1) is 28.8. The van der Waals surface area contributed by atoms with Crippen LogP contribution >= 0.6 is 11.6 Å². The third-order valence-corrected chi connectivity index (χ3v) is 9.75. The van der Waals surface area contributed by atoms with Gasteiger partial charge in [0.25, 0.3) is 10.0 Å². The third-order valence-electron chi connectivity index (χ3n) is 7.37. The van der Waals surface area contributed by atoms with Crippen LogP contribution in [0.4, 0.5) is 11.4 Å². The number of piperidine rings is 1. The maximum absolute atomic E-state index is 14.0. The standard InChI is InChI=1S/C27H34ClN5O5S/c1-17-14-24(18(2)13-20(17)28)39(37,38)33-22-6-4-3-5-21(22)31-27(36)23(33)15-25(34)30-10-7-19-8-11-32(12-9-19)26(35)16-29/h3-6,13-14,19,23H,7-12,15-16,29H2,1-2H3,(H,30,34)(H,31,36). The van der Waals surface area contributed by atoms with Crippen molar-refractivity contribution in [3.63, 3.8) is 0 Å². The molecule has 4 rings (SSSR count). The summed E-state index contributed by atoms with van der Waals surface area (Å²) in [6.45, 7) is 5.04. The second kappa shape index (κ2) is 11.9. The van der Waals surface area contributed by atoms with Crippen molar-refractivity contribution in [2.45, 2.75) is 50.5 Å². The number of amides is 3. The molecule has 0 spiro atoms. The summed E-state index contributed by atoms with van der Waals surface area (Å²) in [4.78, 5) is 39.7. The monoisotopic (exact) mass is 575 g/mol. The van der Waals surface area contributed by atoms with Gasteiger partial charge >= 0.3 is 0 Å². The Morgan fingerprint density at radius 1 is 1.13 bits per heavy atom. The number of benzene rings is 2. The fourth-order valence-electron chi connectivity index (χ4n) is 5.14. The van der Waals surface area contributed by atoms with Gasteiger partial charge < -0.3 is 21.3 Å². The number of nitrogens with one attached hydrogen (secondary N) is 2. The number of rotatable bonds is 8. The summed E-state index contributed by atoms with van der Waals surface area (Å²) in [7, 11) is -4.23. The van der Waals surface area contributed by atoms with Crippen molar-refractivity contribution in [3.8, 4) is 0 Å². The van der Waals surface area contributed by atoms with Gasteiger partial charge in [-0.3, -0.25) is 18.7 Å². The van der Waals surface area contributed by atoms with Gasteiger partial charge in [-0.25, -0.2) is 8.42 Å². The first-order chi connectivity index (χ1) is 18.5. The highest BCUT2D eigenvalue weighted by Crippen LogP contribution is 2.38. The maximum atomic E-state index is 14.0. The Balaban J connectivity index is 1.49. The summed E-state index contributed by atoms with van der Waals surface area (Å²) < 4.78 is 29.1. The Kier molecular flexibility index (Phi) is 8.83. The van der Waals surface area contributed by atoms with Crippen LogP contribution in [-0.4, -0.2) is 63.3 Å². The van der Waals surface area contributed by atoms with Crippen LogP contribution in [0.15, 0.2) is 41.3 Å². The van der Waals surface area contributed by atoms with E-state index < -0.39 is 27.9 Å². The summed E-state index contributed by atoms with van der Waals surface area (Å²) >= 11 is 6.21. The molecule has 1 fully saturated rings. The van der Waals surface area contributed by atoms with E-state index in [4.69, 9.17) is 17.3 Å². The molecule has 0 radical (unpaired) electrons. The number of fused-ring (bicyclic) bond motifs is 1. The van der Waals surface area contributed by atoms with E-state index in [2.05, 4.69) is 10.6 Å². The fraction of sp³-hybridized carbons (Fsp3) is 0.444. The number of aryl methyl sites for hydroxylation is 2. The Morgan fingerprint density at radius 2 is 1.82 bits per heavy atom. The van der Waals surface area contributed by atoms with Gasteiger partial charge in [0.1, 0.15) is 6.04 Å². The predicted molar refractivity (Wildman–Crippen MR) is 150 cm³/mol. The van der Waals surface area contributed by atoms with Crippen LogP contribution < -0.4 is 20.7 Å². The highest BCUT2D eigenvalue weighted by atomic mass is 35.5. The zero-order valence-electron chi connectivity index (χ0n) is 22.1. The van der Waals surface area contributed by atoms with Crippen molar-refractivity contribution < 1.29 is 22.8 Å². The van der Waals surface area contributed by atoms with Crippen molar-refractivity contribution in [2.24, 2.45) is 11.7 Å². The zero-order chi connectivity index (χ0) is 28.3. The lowest BCUT2D eigenvalue weighted by molar-refractivity contribution is -0.131. The summed E-state index contributed by atoms with van der Waals surface area (Å²) in [5, 5.41) is 6.03. The molecule has 2 aliphatic rings. The number of carbonyl (C=O) groups excluding carboxylic acids is 3. The molecule has 1 atom stereocenters. The number of para-hydroxylation sites is 2. The van der Waals surface area contributed by atoms with Gasteiger partial charge in [-0.15, -0.1) is 0 Å². The number of anilines is 2. The smallest absolute Gasteiger partial charge is 0.265 e. The quantitative estimate of drug-likeness (QED) is 0.442. The van der Waals surface area contributed by atoms with E-state index in [-0.39, 0.29) is 23.8 Å². The number of hydrogen-bond acceptors (Lipinski definition) is 6. The van der Waals surface area contributed by atoms with Gasteiger partial charge in [0.05, 0.1) is 29.2 Å². The average Bonchev–Trinajstić information content (AvgIpc) is 2.90. The lowest BCUT2D eigenvalue weighted by Gasteiger charge is -2.37. The molecule has 2 aromatic rings.